The van der Waals surface area contributed by atoms with E-state index in [9.17, 15) is 9.90 Å². The fourth-order valence-corrected chi connectivity index (χ4v) is 4.35. The molecular formula is C19H26N2O2. The molecule has 1 aromatic rings. The van der Waals surface area contributed by atoms with Gasteiger partial charge in [-0.05, 0) is 55.6 Å². The molecule has 23 heavy (non-hydrogen) atoms. The Hall–Kier alpha value is -1.55. The first-order chi connectivity index (χ1) is 11.2. The molecule has 0 aromatic heterocycles. The number of hydrogen-bond acceptors (Lipinski definition) is 2. The number of benzene rings is 1. The Morgan fingerprint density at radius 1 is 1.22 bits per heavy atom. The van der Waals surface area contributed by atoms with Crippen molar-refractivity contribution in [3.8, 4) is 0 Å². The smallest absolute Gasteiger partial charge is 0.314 e. The van der Waals surface area contributed by atoms with Crippen molar-refractivity contribution in [3.05, 3.63) is 35.4 Å². The molecule has 2 fully saturated rings. The lowest BCUT2D eigenvalue weighted by molar-refractivity contribution is 0.203. The van der Waals surface area contributed by atoms with Gasteiger partial charge < -0.3 is 15.7 Å². The third-order valence-corrected chi connectivity index (χ3v) is 6.28. The highest BCUT2D eigenvalue weighted by atomic mass is 16.3. The maximum absolute atomic E-state index is 12.0. The summed E-state index contributed by atoms with van der Waals surface area (Å²) in [5.74, 6) is 0.572. The zero-order valence-corrected chi connectivity index (χ0v) is 13.6. The second kappa shape index (κ2) is 5.52. The number of aliphatic hydroxyl groups is 1. The van der Waals surface area contributed by atoms with E-state index in [-0.39, 0.29) is 18.1 Å². The van der Waals surface area contributed by atoms with E-state index in [0.717, 1.165) is 19.4 Å². The van der Waals surface area contributed by atoms with Crippen LogP contribution in [-0.2, 0) is 11.8 Å². The van der Waals surface area contributed by atoms with Crippen molar-refractivity contribution in [3.63, 3.8) is 0 Å². The van der Waals surface area contributed by atoms with Gasteiger partial charge in [-0.3, -0.25) is 0 Å². The van der Waals surface area contributed by atoms with Gasteiger partial charge in [0.1, 0.15) is 0 Å². The van der Waals surface area contributed by atoms with Gasteiger partial charge in [0.25, 0.3) is 0 Å². The second-order valence-electron chi connectivity index (χ2n) is 7.79. The van der Waals surface area contributed by atoms with E-state index in [1.54, 1.807) is 0 Å². The number of fused-ring (bicyclic) bond motifs is 2. The van der Waals surface area contributed by atoms with Crippen molar-refractivity contribution >= 4 is 6.03 Å². The highest BCUT2D eigenvalue weighted by molar-refractivity contribution is 5.74. The predicted molar refractivity (Wildman–Crippen MR) is 89.3 cm³/mol. The van der Waals surface area contributed by atoms with Gasteiger partial charge in [0.15, 0.2) is 0 Å². The Bertz CT molecular complexity index is 611. The molecule has 2 atom stereocenters. The molecule has 1 spiro atoms. The van der Waals surface area contributed by atoms with Crippen LogP contribution in [0.25, 0.3) is 0 Å². The topological polar surface area (TPSA) is 61.4 Å². The molecule has 124 valence electrons. The van der Waals surface area contributed by atoms with Crippen LogP contribution >= 0.6 is 0 Å². The molecule has 3 aliphatic carbocycles. The standard InChI is InChI=1S/C19H26N2O2/c22-13-18(8-9-18)12-21-17(23)20-11-15-10-19(15)7-3-5-14-4-1-2-6-16(14)19/h1-2,4,6,15,22H,3,5,7-13H2,(H2,20,21,23). The molecule has 0 saturated heterocycles. The van der Waals surface area contributed by atoms with Crippen LogP contribution in [0.5, 0.6) is 0 Å². The minimum atomic E-state index is -0.0872. The van der Waals surface area contributed by atoms with E-state index < -0.39 is 0 Å². The average molecular weight is 314 g/mol. The van der Waals surface area contributed by atoms with E-state index in [4.69, 9.17) is 0 Å². The summed E-state index contributed by atoms with van der Waals surface area (Å²) >= 11 is 0. The average Bonchev–Trinajstić information content (AvgIpc) is 3.49. The van der Waals surface area contributed by atoms with Crippen molar-refractivity contribution < 1.29 is 9.90 Å². The lowest BCUT2D eigenvalue weighted by Crippen LogP contribution is -2.41. The van der Waals surface area contributed by atoms with Crippen LogP contribution in [-0.4, -0.2) is 30.8 Å². The van der Waals surface area contributed by atoms with Gasteiger partial charge in [0, 0.05) is 23.9 Å². The van der Waals surface area contributed by atoms with E-state index in [0.29, 0.717) is 17.9 Å². The van der Waals surface area contributed by atoms with E-state index in [1.807, 2.05) is 0 Å². The Kier molecular flexibility index (Phi) is 3.60. The quantitative estimate of drug-likeness (QED) is 0.781. The SMILES string of the molecule is O=C(NCC1CC12CCCc1ccccc12)NCC1(CO)CC1. The normalized spacial score (nSPS) is 29.7. The molecule has 3 aliphatic rings. The number of aryl methyl sites for hydroxylation is 1. The van der Waals surface area contributed by atoms with Gasteiger partial charge in [-0.1, -0.05) is 24.3 Å². The second-order valence-corrected chi connectivity index (χ2v) is 7.79. The zero-order valence-electron chi connectivity index (χ0n) is 13.6. The summed E-state index contributed by atoms with van der Waals surface area (Å²) in [7, 11) is 0. The predicted octanol–water partition coefficient (Wildman–Crippen LogP) is 2.35. The Labute approximate surface area is 137 Å². The zero-order chi connectivity index (χ0) is 15.9. The van der Waals surface area contributed by atoms with Crippen molar-refractivity contribution in [2.75, 3.05) is 19.7 Å². The molecule has 0 aliphatic heterocycles. The third kappa shape index (κ3) is 2.74. The highest BCUT2D eigenvalue weighted by Gasteiger charge is 2.56. The maximum atomic E-state index is 12.0. The van der Waals surface area contributed by atoms with Crippen LogP contribution in [0.3, 0.4) is 0 Å². The fourth-order valence-electron chi connectivity index (χ4n) is 4.35. The van der Waals surface area contributed by atoms with Crippen molar-refractivity contribution in [1.29, 1.82) is 0 Å². The lowest BCUT2D eigenvalue weighted by atomic mass is 9.78. The molecule has 4 nitrogen and oxygen atoms in total. The minimum absolute atomic E-state index is 0.0273. The molecule has 4 rings (SSSR count). The van der Waals surface area contributed by atoms with Crippen molar-refractivity contribution in [1.82, 2.24) is 10.6 Å². The molecule has 2 amide bonds. The van der Waals surface area contributed by atoms with E-state index >= 15 is 0 Å². The Balaban J connectivity index is 1.30. The minimum Gasteiger partial charge on any atom is -0.396 e. The van der Waals surface area contributed by atoms with Crippen molar-refractivity contribution in [2.45, 2.75) is 43.9 Å². The monoisotopic (exact) mass is 314 g/mol. The summed E-state index contributed by atoms with van der Waals surface area (Å²) in [6.07, 6.45) is 6.95. The number of amides is 2. The first kappa shape index (κ1) is 15.0. The van der Waals surface area contributed by atoms with Gasteiger partial charge in [0.05, 0.1) is 6.61 Å². The van der Waals surface area contributed by atoms with Crippen LogP contribution in [0.1, 0.15) is 43.2 Å². The molecule has 3 N–H and O–H groups in total. The first-order valence-corrected chi connectivity index (χ1v) is 8.88. The summed E-state index contributed by atoms with van der Waals surface area (Å²) in [4.78, 5) is 12.0. The number of urea groups is 1. The van der Waals surface area contributed by atoms with Gasteiger partial charge in [-0.25, -0.2) is 4.79 Å². The van der Waals surface area contributed by atoms with Gasteiger partial charge in [0.2, 0.25) is 0 Å². The lowest BCUT2D eigenvalue weighted by Gasteiger charge is -2.26. The fraction of sp³-hybridized carbons (Fsp3) is 0.632. The third-order valence-electron chi connectivity index (χ3n) is 6.28. The summed E-state index contributed by atoms with van der Waals surface area (Å²) < 4.78 is 0. The number of rotatable bonds is 5. The van der Waals surface area contributed by atoms with Gasteiger partial charge in [-0.2, -0.15) is 0 Å². The summed E-state index contributed by atoms with van der Waals surface area (Å²) in [6, 6.07) is 8.74. The number of carbonyl (C=O) groups excluding carboxylic acids is 1. The summed E-state index contributed by atoms with van der Waals surface area (Å²) in [6.45, 7) is 1.52. The largest absolute Gasteiger partial charge is 0.396 e. The number of hydrogen-bond donors (Lipinski definition) is 3. The van der Waals surface area contributed by atoms with Crippen LogP contribution in [0, 0.1) is 11.3 Å². The van der Waals surface area contributed by atoms with Gasteiger partial charge in [-0.15, -0.1) is 0 Å². The molecule has 0 heterocycles. The van der Waals surface area contributed by atoms with E-state index in [1.165, 1.54) is 36.8 Å². The molecule has 2 saturated carbocycles. The number of carbonyl (C=O) groups is 1. The molecule has 0 bridgehead atoms. The Morgan fingerprint density at radius 2 is 2.04 bits per heavy atom. The molecule has 4 heteroatoms. The highest BCUT2D eigenvalue weighted by Crippen LogP contribution is 2.59. The number of aliphatic hydroxyl groups excluding tert-OH is 1. The van der Waals surface area contributed by atoms with Gasteiger partial charge >= 0.3 is 6.03 Å². The molecular weight excluding hydrogens is 288 g/mol. The number of nitrogens with one attached hydrogen (secondary N) is 2. The summed E-state index contributed by atoms with van der Waals surface area (Å²) in [5.41, 5.74) is 3.32. The Morgan fingerprint density at radius 3 is 2.83 bits per heavy atom. The van der Waals surface area contributed by atoms with Crippen LogP contribution in [0.15, 0.2) is 24.3 Å². The first-order valence-electron chi connectivity index (χ1n) is 8.88. The van der Waals surface area contributed by atoms with Crippen LogP contribution in [0.2, 0.25) is 0 Å². The summed E-state index contributed by atoms with van der Waals surface area (Å²) in [5, 5.41) is 15.2. The maximum Gasteiger partial charge on any atom is 0.314 e. The van der Waals surface area contributed by atoms with E-state index in [2.05, 4.69) is 34.9 Å². The molecule has 2 unspecified atom stereocenters. The molecule has 0 radical (unpaired) electrons. The van der Waals surface area contributed by atoms with Crippen LogP contribution in [0.4, 0.5) is 4.79 Å². The molecule has 1 aromatic carbocycles. The van der Waals surface area contributed by atoms with Crippen molar-refractivity contribution in [2.24, 2.45) is 11.3 Å². The van der Waals surface area contributed by atoms with Crippen LogP contribution < -0.4 is 10.6 Å².